The van der Waals surface area contributed by atoms with E-state index in [4.69, 9.17) is 27.9 Å². The topological polar surface area (TPSA) is 50.7 Å². The number of amides is 1. The molecule has 1 aliphatic heterocycles. The van der Waals surface area contributed by atoms with Gasteiger partial charge in [0.15, 0.2) is 5.17 Å². The molecule has 3 aromatic rings. The molecule has 4 rings (SSSR count). The van der Waals surface area contributed by atoms with Gasteiger partial charge in [0.25, 0.3) is 5.91 Å². The molecule has 0 bridgehead atoms. The number of rotatable bonds is 5. The number of hydrogen-bond donors (Lipinski definition) is 1. The Labute approximate surface area is 192 Å². The van der Waals surface area contributed by atoms with E-state index >= 15 is 0 Å². The maximum Gasteiger partial charge on any atom is 0.264 e. The molecule has 3 aromatic carbocycles. The molecule has 0 radical (unpaired) electrons. The normalized spacial score (nSPS) is 16.0. The summed E-state index contributed by atoms with van der Waals surface area (Å²) in [6.45, 7) is 0.434. The molecule has 0 saturated carbocycles. The number of carbonyl (C=O) groups excluding carboxylic acids is 1. The van der Waals surface area contributed by atoms with Crippen molar-refractivity contribution in [2.75, 3.05) is 0 Å². The van der Waals surface area contributed by atoms with Gasteiger partial charge in [-0.2, -0.15) is 0 Å². The van der Waals surface area contributed by atoms with Crippen LogP contribution in [0.3, 0.4) is 0 Å². The minimum atomic E-state index is -0.519. The first-order valence-corrected chi connectivity index (χ1v) is 10.8. The maximum absolute atomic E-state index is 13.3. The Morgan fingerprint density at radius 3 is 2.48 bits per heavy atom. The van der Waals surface area contributed by atoms with Crippen molar-refractivity contribution in [3.05, 3.63) is 98.6 Å². The lowest BCUT2D eigenvalue weighted by Gasteiger charge is -2.06. The lowest BCUT2D eigenvalue weighted by Crippen LogP contribution is -2.19. The van der Waals surface area contributed by atoms with E-state index in [1.54, 1.807) is 6.08 Å². The van der Waals surface area contributed by atoms with Gasteiger partial charge in [-0.3, -0.25) is 4.79 Å². The van der Waals surface area contributed by atoms with Gasteiger partial charge in [-0.15, -0.1) is 0 Å². The van der Waals surface area contributed by atoms with Gasteiger partial charge in [-0.1, -0.05) is 47.5 Å². The fraction of sp³-hybridized carbons (Fsp3) is 0.0435. The lowest BCUT2D eigenvalue weighted by atomic mass is 10.2. The van der Waals surface area contributed by atoms with Crippen LogP contribution in [0.15, 0.2) is 76.6 Å². The summed E-state index contributed by atoms with van der Waals surface area (Å²) in [5.41, 5.74) is 2.32. The molecular formula is C23H15Cl2FN2O2S. The molecule has 31 heavy (non-hydrogen) atoms. The molecule has 8 heteroatoms. The molecule has 1 aliphatic rings. The average molecular weight is 473 g/mol. The third-order valence-corrected chi connectivity index (χ3v) is 5.73. The molecule has 0 spiro atoms. The standard InChI is InChI=1S/C23H15Cl2FN2O2S/c24-16-5-1-15(2-6-16)13-30-18-8-3-14(4-9-18)11-21-22(29)28-23(31-21)27-17-7-10-20(26)19(25)12-17/h1-12H,13H2,(H,27,28,29). The van der Waals surface area contributed by atoms with Crippen molar-refractivity contribution >= 4 is 57.8 Å². The number of thioether (sulfide) groups is 1. The van der Waals surface area contributed by atoms with Crippen LogP contribution in [0.5, 0.6) is 5.75 Å². The van der Waals surface area contributed by atoms with Gasteiger partial charge in [-0.25, -0.2) is 9.38 Å². The van der Waals surface area contributed by atoms with Crippen molar-refractivity contribution < 1.29 is 13.9 Å². The van der Waals surface area contributed by atoms with E-state index in [0.717, 1.165) is 16.9 Å². The number of halogens is 3. The number of amidine groups is 1. The molecule has 0 atom stereocenters. The van der Waals surface area contributed by atoms with E-state index in [1.165, 1.54) is 30.0 Å². The van der Waals surface area contributed by atoms with Crippen molar-refractivity contribution in [2.45, 2.75) is 6.61 Å². The quantitative estimate of drug-likeness (QED) is 0.425. The molecule has 0 aliphatic carbocycles. The first-order chi connectivity index (χ1) is 15.0. The van der Waals surface area contributed by atoms with Crippen molar-refractivity contribution in [3.8, 4) is 5.75 Å². The summed E-state index contributed by atoms with van der Waals surface area (Å²) in [6, 6.07) is 19.0. The zero-order valence-electron chi connectivity index (χ0n) is 15.9. The molecule has 0 unspecified atom stereocenters. The SMILES string of the molecule is O=C1NC(=Nc2ccc(F)c(Cl)c2)SC1=Cc1ccc(OCc2ccc(Cl)cc2)cc1. The Hall–Kier alpha value is -2.80. The van der Waals surface area contributed by atoms with Gasteiger partial charge in [0.1, 0.15) is 18.2 Å². The van der Waals surface area contributed by atoms with Crippen molar-refractivity contribution in [2.24, 2.45) is 4.99 Å². The van der Waals surface area contributed by atoms with Crippen LogP contribution in [0, 0.1) is 5.82 Å². The Bertz CT molecular complexity index is 1180. The zero-order valence-corrected chi connectivity index (χ0v) is 18.3. The van der Waals surface area contributed by atoms with E-state index < -0.39 is 5.82 Å². The number of benzene rings is 3. The minimum Gasteiger partial charge on any atom is -0.489 e. The smallest absolute Gasteiger partial charge is 0.264 e. The molecule has 156 valence electrons. The Morgan fingerprint density at radius 1 is 1.03 bits per heavy atom. The highest BCUT2D eigenvalue weighted by Crippen LogP contribution is 2.29. The number of nitrogens with one attached hydrogen (secondary N) is 1. The van der Waals surface area contributed by atoms with Crippen LogP contribution in [0.25, 0.3) is 6.08 Å². The number of carbonyl (C=O) groups is 1. The fourth-order valence-electron chi connectivity index (χ4n) is 2.71. The summed E-state index contributed by atoms with van der Waals surface area (Å²) in [7, 11) is 0. The summed E-state index contributed by atoms with van der Waals surface area (Å²) in [6.07, 6.45) is 1.77. The average Bonchev–Trinajstić information content (AvgIpc) is 3.10. The highest BCUT2D eigenvalue weighted by atomic mass is 35.5. The van der Waals surface area contributed by atoms with Gasteiger partial charge < -0.3 is 10.1 Å². The third kappa shape index (κ3) is 5.67. The van der Waals surface area contributed by atoms with Crippen LogP contribution in [-0.4, -0.2) is 11.1 Å². The second-order valence-corrected chi connectivity index (χ2v) is 8.44. The lowest BCUT2D eigenvalue weighted by molar-refractivity contribution is -0.115. The maximum atomic E-state index is 13.3. The predicted molar refractivity (Wildman–Crippen MR) is 124 cm³/mol. The van der Waals surface area contributed by atoms with Crippen LogP contribution >= 0.6 is 35.0 Å². The van der Waals surface area contributed by atoms with E-state index in [0.29, 0.717) is 27.4 Å². The monoisotopic (exact) mass is 472 g/mol. The van der Waals surface area contributed by atoms with Gasteiger partial charge in [0.2, 0.25) is 0 Å². The number of aliphatic imine (C=N–C) groups is 1. The number of nitrogens with zero attached hydrogens (tertiary/aromatic N) is 1. The third-order valence-electron chi connectivity index (χ3n) is 4.28. The van der Waals surface area contributed by atoms with Crippen molar-refractivity contribution in [1.82, 2.24) is 5.32 Å². The molecule has 1 heterocycles. The largest absolute Gasteiger partial charge is 0.489 e. The summed E-state index contributed by atoms with van der Waals surface area (Å²) >= 11 is 12.9. The molecule has 1 N–H and O–H groups in total. The zero-order chi connectivity index (χ0) is 21.8. The van der Waals surface area contributed by atoms with E-state index in [-0.39, 0.29) is 10.9 Å². The first kappa shape index (κ1) is 21.4. The van der Waals surface area contributed by atoms with Gasteiger partial charge in [0, 0.05) is 5.02 Å². The number of ether oxygens (including phenoxy) is 1. The number of hydrogen-bond acceptors (Lipinski definition) is 4. The van der Waals surface area contributed by atoms with Gasteiger partial charge in [-0.05, 0) is 71.4 Å². The summed E-state index contributed by atoms with van der Waals surface area (Å²) in [5, 5.41) is 3.76. The molecular weight excluding hydrogens is 458 g/mol. The summed E-state index contributed by atoms with van der Waals surface area (Å²) in [4.78, 5) is 17.1. The highest BCUT2D eigenvalue weighted by Gasteiger charge is 2.23. The van der Waals surface area contributed by atoms with Crippen LogP contribution in [0.1, 0.15) is 11.1 Å². The minimum absolute atomic E-state index is 0.0229. The Balaban J connectivity index is 1.41. The van der Waals surface area contributed by atoms with Crippen molar-refractivity contribution in [1.29, 1.82) is 0 Å². The first-order valence-electron chi connectivity index (χ1n) is 9.18. The van der Waals surface area contributed by atoms with Crippen LogP contribution in [0.2, 0.25) is 10.0 Å². The highest BCUT2D eigenvalue weighted by molar-refractivity contribution is 8.18. The molecule has 4 nitrogen and oxygen atoms in total. The van der Waals surface area contributed by atoms with Gasteiger partial charge in [0.05, 0.1) is 15.6 Å². The molecule has 1 amide bonds. The molecule has 1 saturated heterocycles. The predicted octanol–water partition coefficient (Wildman–Crippen LogP) is 6.60. The van der Waals surface area contributed by atoms with E-state index in [1.807, 2.05) is 48.5 Å². The second kappa shape index (κ2) is 9.56. The van der Waals surface area contributed by atoms with Crippen LogP contribution in [-0.2, 0) is 11.4 Å². The fourth-order valence-corrected chi connectivity index (χ4v) is 3.85. The summed E-state index contributed by atoms with van der Waals surface area (Å²) < 4.78 is 19.1. The molecule has 1 fully saturated rings. The summed E-state index contributed by atoms with van der Waals surface area (Å²) in [5.74, 6) is -0.0500. The van der Waals surface area contributed by atoms with E-state index in [2.05, 4.69) is 10.3 Å². The van der Waals surface area contributed by atoms with Gasteiger partial charge >= 0.3 is 0 Å². The Kier molecular flexibility index (Phi) is 6.61. The second-order valence-electron chi connectivity index (χ2n) is 6.56. The Morgan fingerprint density at radius 2 is 1.77 bits per heavy atom. The van der Waals surface area contributed by atoms with Crippen molar-refractivity contribution in [3.63, 3.8) is 0 Å². The molecule has 0 aromatic heterocycles. The van der Waals surface area contributed by atoms with Crippen LogP contribution in [0.4, 0.5) is 10.1 Å². The van der Waals surface area contributed by atoms with E-state index in [9.17, 15) is 9.18 Å². The van der Waals surface area contributed by atoms with Crippen LogP contribution < -0.4 is 10.1 Å².